The Kier molecular flexibility index (Phi) is 3.60. The van der Waals surface area contributed by atoms with Crippen LogP contribution in [-0.2, 0) is 5.88 Å². The minimum Gasteiger partial charge on any atom is -0.495 e. The molecule has 5 heteroatoms. The number of hydrogen-bond acceptors (Lipinski definition) is 3. The van der Waals surface area contributed by atoms with Crippen molar-refractivity contribution in [3.8, 4) is 17.2 Å². The van der Waals surface area contributed by atoms with Crippen LogP contribution in [-0.4, -0.2) is 12.1 Å². The predicted octanol–water partition coefficient (Wildman–Crippen LogP) is 4.05. The van der Waals surface area contributed by atoms with Gasteiger partial charge in [-0.25, -0.2) is 4.98 Å². The van der Waals surface area contributed by atoms with Crippen molar-refractivity contribution in [2.45, 2.75) is 12.8 Å². The average molecular weight is 272 g/mol. The van der Waals surface area contributed by atoms with Gasteiger partial charge in [0.1, 0.15) is 11.5 Å². The van der Waals surface area contributed by atoms with E-state index in [1.54, 1.807) is 19.2 Å². The summed E-state index contributed by atoms with van der Waals surface area (Å²) in [6, 6.07) is 5.36. The van der Waals surface area contributed by atoms with Crippen molar-refractivity contribution in [2.75, 3.05) is 7.11 Å². The number of ether oxygens (including phenoxy) is 1. The quantitative estimate of drug-likeness (QED) is 0.790. The fourth-order valence-electron chi connectivity index (χ4n) is 1.47. The molecule has 0 atom stereocenters. The standard InChI is InChI=1S/C12H11Cl2NO2/c1-7-10(6-13)15-12(17-7)8-3-4-9(14)11(5-8)16-2/h3-5H,6H2,1-2H3. The molecule has 0 radical (unpaired) electrons. The van der Waals surface area contributed by atoms with Gasteiger partial charge in [0, 0.05) is 5.56 Å². The van der Waals surface area contributed by atoms with Gasteiger partial charge in [-0.05, 0) is 25.1 Å². The van der Waals surface area contributed by atoms with Crippen LogP contribution in [0.15, 0.2) is 22.6 Å². The number of oxazole rings is 1. The molecule has 2 rings (SSSR count). The maximum atomic E-state index is 5.95. The summed E-state index contributed by atoms with van der Waals surface area (Å²) in [4.78, 5) is 4.31. The molecule has 0 bridgehead atoms. The Morgan fingerprint density at radius 2 is 2.18 bits per heavy atom. The molecule has 0 saturated heterocycles. The molecule has 0 saturated carbocycles. The SMILES string of the molecule is COc1cc(-c2nc(CCl)c(C)o2)ccc1Cl. The Bertz CT molecular complexity index is 537. The van der Waals surface area contributed by atoms with Crippen molar-refractivity contribution >= 4 is 23.2 Å². The number of aromatic nitrogens is 1. The molecule has 0 unspecified atom stereocenters. The van der Waals surface area contributed by atoms with E-state index >= 15 is 0 Å². The van der Waals surface area contributed by atoms with Crippen molar-refractivity contribution in [1.29, 1.82) is 0 Å². The number of methoxy groups -OCH3 is 1. The second-order valence-corrected chi connectivity index (χ2v) is 4.18. The van der Waals surface area contributed by atoms with Gasteiger partial charge in [0.25, 0.3) is 0 Å². The fraction of sp³-hybridized carbons (Fsp3) is 0.250. The molecular weight excluding hydrogens is 261 g/mol. The third kappa shape index (κ3) is 2.40. The molecule has 0 amide bonds. The molecule has 1 aromatic carbocycles. The van der Waals surface area contributed by atoms with Crippen LogP contribution in [0.1, 0.15) is 11.5 Å². The number of nitrogens with zero attached hydrogens (tertiary/aromatic N) is 1. The highest BCUT2D eigenvalue weighted by Gasteiger charge is 2.12. The number of rotatable bonds is 3. The van der Waals surface area contributed by atoms with Crippen LogP contribution in [0.5, 0.6) is 5.75 Å². The van der Waals surface area contributed by atoms with Gasteiger partial charge in [0.2, 0.25) is 5.89 Å². The van der Waals surface area contributed by atoms with E-state index in [0.29, 0.717) is 22.5 Å². The lowest BCUT2D eigenvalue weighted by atomic mass is 10.2. The Morgan fingerprint density at radius 3 is 2.76 bits per heavy atom. The summed E-state index contributed by atoms with van der Waals surface area (Å²) in [5.41, 5.74) is 1.56. The summed E-state index contributed by atoms with van der Waals surface area (Å²) in [6.45, 7) is 1.83. The number of benzene rings is 1. The lowest BCUT2D eigenvalue weighted by Crippen LogP contribution is -1.86. The number of aryl methyl sites for hydroxylation is 1. The highest BCUT2D eigenvalue weighted by atomic mass is 35.5. The van der Waals surface area contributed by atoms with Gasteiger partial charge in [-0.2, -0.15) is 0 Å². The Hall–Kier alpha value is -1.19. The molecular formula is C12H11Cl2NO2. The number of halogens is 2. The number of hydrogen-bond donors (Lipinski definition) is 0. The van der Waals surface area contributed by atoms with E-state index in [0.717, 1.165) is 17.0 Å². The maximum Gasteiger partial charge on any atom is 0.226 e. The molecule has 0 spiro atoms. The molecule has 90 valence electrons. The second-order valence-electron chi connectivity index (χ2n) is 3.50. The zero-order valence-electron chi connectivity index (χ0n) is 9.46. The zero-order valence-corrected chi connectivity index (χ0v) is 11.0. The van der Waals surface area contributed by atoms with Crippen LogP contribution >= 0.6 is 23.2 Å². The van der Waals surface area contributed by atoms with Crippen molar-refractivity contribution in [3.63, 3.8) is 0 Å². The average Bonchev–Trinajstić information content (AvgIpc) is 2.71. The third-order valence-corrected chi connectivity index (χ3v) is 2.98. The molecule has 1 aromatic heterocycles. The molecule has 0 N–H and O–H groups in total. The summed E-state index contributed by atoms with van der Waals surface area (Å²) in [6.07, 6.45) is 0. The van der Waals surface area contributed by atoms with Crippen LogP contribution in [0.4, 0.5) is 0 Å². The topological polar surface area (TPSA) is 35.3 Å². The first-order chi connectivity index (χ1) is 8.15. The first-order valence-corrected chi connectivity index (χ1v) is 5.93. The van der Waals surface area contributed by atoms with Gasteiger partial charge in [0.05, 0.1) is 23.7 Å². The molecule has 0 aliphatic heterocycles. The van der Waals surface area contributed by atoms with Gasteiger partial charge in [-0.1, -0.05) is 11.6 Å². The van der Waals surface area contributed by atoms with Crippen molar-refractivity contribution < 1.29 is 9.15 Å². The molecule has 2 aromatic rings. The Balaban J connectivity index is 2.45. The molecule has 0 fully saturated rings. The van der Waals surface area contributed by atoms with Crippen LogP contribution in [0, 0.1) is 6.92 Å². The van der Waals surface area contributed by atoms with Crippen LogP contribution in [0.25, 0.3) is 11.5 Å². The predicted molar refractivity (Wildman–Crippen MR) is 67.8 cm³/mol. The monoisotopic (exact) mass is 271 g/mol. The van der Waals surface area contributed by atoms with E-state index in [1.807, 2.05) is 13.0 Å². The lowest BCUT2D eigenvalue weighted by molar-refractivity contribution is 0.415. The van der Waals surface area contributed by atoms with Crippen LogP contribution in [0.3, 0.4) is 0 Å². The summed E-state index contributed by atoms with van der Waals surface area (Å²) in [7, 11) is 1.57. The van der Waals surface area contributed by atoms with E-state index in [9.17, 15) is 0 Å². The molecule has 0 aliphatic rings. The second kappa shape index (κ2) is 4.98. The molecule has 17 heavy (non-hydrogen) atoms. The van der Waals surface area contributed by atoms with E-state index < -0.39 is 0 Å². The van der Waals surface area contributed by atoms with Crippen LogP contribution < -0.4 is 4.74 Å². The summed E-state index contributed by atoms with van der Waals surface area (Å²) >= 11 is 11.7. The van der Waals surface area contributed by atoms with Gasteiger partial charge >= 0.3 is 0 Å². The normalized spacial score (nSPS) is 10.6. The van der Waals surface area contributed by atoms with Crippen molar-refractivity contribution in [1.82, 2.24) is 4.98 Å². The zero-order chi connectivity index (χ0) is 12.4. The smallest absolute Gasteiger partial charge is 0.226 e. The molecule has 1 heterocycles. The minimum absolute atomic E-state index is 0.333. The minimum atomic E-state index is 0.333. The first-order valence-electron chi connectivity index (χ1n) is 5.02. The molecule has 3 nitrogen and oxygen atoms in total. The first kappa shape index (κ1) is 12.3. The lowest BCUT2D eigenvalue weighted by Gasteiger charge is -2.03. The molecule has 0 aliphatic carbocycles. The van der Waals surface area contributed by atoms with Crippen molar-refractivity contribution in [2.24, 2.45) is 0 Å². The number of alkyl halides is 1. The highest BCUT2D eigenvalue weighted by molar-refractivity contribution is 6.32. The van der Waals surface area contributed by atoms with Gasteiger partial charge in [-0.15, -0.1) is 11.6 Å². The Labute approximate surface area is 109 Å². The van der Waals surface area contributed by atoms with E-state index in [-0.39, 0.29) is 0 Å². The summed E-state index contributed by atoms with van der Waals surface area (Å²) < 4.78 is 10.7. The summed E-state index contributed by atoms with van der Waals surface area (Å²) in [5.74, 6) is 2.17. The maximum absolute atomic E-state index is 5.95. The van der Waals surface area contributed by atoms with Gasteiger partial charge in [0.15, 0.2) is 0 Å². The fourth-order valence-corrected chi connectivity index (χ4v) is 1.91. The van der Waals surface area contributed by atoms with Crippen molar-refractivity contribution in [3.05, 3.63) is 34.7 Å². The van der Waals surface area contributed by atoms with Gasteiger partial charge < -0.3 is 9.15 Å². The summed E-state index contributed by atoms with van der Waals surface area (Å²) in [5, 5.41) is 0.553. The largest absolute Gasteiger partial charge is 0.495 e. The van der Waals surface area contributed by atoms with Crippen LogP contribution in [0.2, 0.25) is 5.02 Å². The highest BCUT2D eigenvalue weighted by Crippen LogP contribution is 2.30. The van der Waals surface area contributed by atoms with E-state index in [2.05, 4.69) is 4.98 Å². The third-order valence-electron chi connectivity index (χ3n) is 2.42. The van der Waals surface area contributed by atoms with E-state index in [1.165, 1.54) is 0 Å². The van der Waals surface area contributed by atoms with E-state index in [4.69, 9.17) is 32.4 Å². The van der Waals surface area contributed by atoms with Gasteiger partial charge in [-0.3, -0.25) is 0 Å². The Morgan fingerprint density at radius 1 is 1.41 bits per heavy atom.